The Morgan fingerprint density at radius 1 is 1.08 bits per heavy atom. The van der Waals surface area contributed by atoms with Crippen LogP contribution in [0.3, 0.4) is 0 Å². The summed E-state index contributed by atoms with van der Waals surface area (Å²) in [6.07, 6.45) is -9.14. The van der Waals surface area contributed by atoms with E-state index in [9.17, 15) is 31.2 Å². The van der Waals surface area contributed by atoms with Gasteiger partial charge in [-0.1, -0.05) is 18.2 Å². The van der Waals surface area contributed by atoms with Crippen molar-refractivity contribution in [1.29, 1.82) is 0 Å². The maximum atomic E-state index is 12.7. The highest BCUT2D eigenvalue weighted by Crippen LogP contribution is 2.25. The zero-order valence-electron chi connectivity index (χ0n) is 13.8. The molecule has 26 heavy (non-hydrogen) atoms. The van der Waals surface area contributed by atoms with Crippen LogP contribution in [0.25, 0.3) is 0 Å². The highest BCUT2D eigenvalue weighted by atomic mass is 32.2. The van der Waals surface area contributed by atoms with Crippen LogP contribution in [0.1, 0.15) is 6.92 Å². The Balaban J connectivity index is 2.00. The lowest BCUT2D eigenvalue weighted by Crippen LogP contribution is -2.52. The van der Waals surface area contributed by atoms with E-state index in [0.29, 0.717) is 6.92 Å². The predicted molar refractivity (Wildman–Crippen MR) is 83.8 cm³/mol. The molecule has 1 aromatic carbocycles. The quantitative estimate of drug-likeness (QED) is 0.775. The van der Waals surface area contributed by atoms with Gasteiger partial charge in [0.1, 0.15) is 0 Å². The normalized spacial score (nSPS) is 17.6. The number of sulfonamides is 1. The van der Waals surface area contributed by atoms with Crippen LogP contribution in [-0.2, 0) is 19.6 Å². The third-order valence-electron chi connectivity index (χ3n) is 3.76. The summed E-state index contributed by atoms with van der Waals surface area (Å²) in [6, 6.07) is 7.66. The molecular weight excluding hydrogens is 377 g/mol. The van der Waals surface area contributed by atoms with Gasteiger partial charge in [0.25, 0.3) is 6.10 Å². The molecule has 0 spiro atoms. The first kappa shape index (κ1) is 20.2. The standard InChI is InChI=1S/C15H17F3N2O5S/c1-11(21)13(15(16,17)18)25-14(22)19-7-9-20(10-8-19)26(23,24)12-5-3-2-4-6-12/h2-6,13H,7-10H2,1H3. The maximum absolute atomic E-state index is 12.7. The number of rotatable bonds is 4. The largest absolute Gasteiger partial charge is 0.432 e. The van der Waals surface area contributed by atoms with Gasteiger partial charge in [-0.05, 0) is 19.1 Å². The van der Waals surface area contributed by atoms with E-state index >= 15 is 0 Å². The van der Waals surface area contributed by atoms with Crippen LogP contribution in [0.4, 0.5) is 18.0 Å². The molecule has 2 rings (SSSR count). The van der Waals surface area contributed by atoms with E-state index in [0.717, 1.165) is 9.21 Å². The number of ketones is 1. The van der Waals surface area contributed by atoms with Gasteiger partial charge in [-0.15, -0.1) is 0 Å². The van der Waals surface area contributed by atoms with E-state index in [1.165, 1.54) is 12.1 Å². The third-order valence-corrected chi connectivity index (χ3v) is 5.68. The van der Waals surface area contributed by atoms with E-state index in [4.69, 9.17) is 0 Å². The number of carbonyl (C=O) groups excluding carboxylic acids is 2. The Bertz CT molecular complexity index is 759. The van der Waals surface area contributed by atoms with Crippen molar-refractivity contribution in [3.05, 3.63) is 30.3 Å². The van der Waals surface area contributed by atoms with Crippen molar-refractivity contribution in [2.75, 3.05) is 26.2 Å². The molecular formula is C15H17F3N2O5S. The topological polar surface area (TPSA) is 84.0 Å². The Labute approximate surface area is 148 Å². The van der Waals surface area contributed by atoms with Crippen LogP contribution in [-0.4, -0.2) is 68.0 Å². The maximum Gasteiger partial charge on any atom is 0.432 e. The van der Waals surface area contributed by atoms with Gasteiger partial charge in [0.15, 0.2) is 5.78 Å². The molecule has 1 unspecified atom stereocenters. The number of hydrogen-bond donors (Lipinski definition) is 0. The number of halogens is 3. The van der Waals surface area contributed by atoms with E-state index < -0.39 is 34.2 Å². The summed E-state index contributed by atoms with van der Waals surface area (Å²) < 4.78 is 68.4. The highest BCUT2D eigenvalue weighted by Gasteiger charge is 2.47. The van der Waals surface area contributed by atoms with Crippen molar-refractivity contribution < 1.29 is 35.9 Å². The monoisotopic (exact) mass is 394 g/mol. The van der Waals surface area contributed by atoms with E-state index in [2.05, 4.69) is 4.74 Å². The van der Waals surface area contributed by atoms with Crippen molar-refractivity contribution in [1.82, 2.24) is 9.21 Å². The molecule has 1 heterocycles. The highest BCUT2D eigenvalue weighted by molar-refractivity contribution is 7.89. The number of amides is 1. The van der Waals surface area contributed by atoms with Gasteiger partial charge >= 0.3 is 12.3 Å². The minimum atomic E-state index is -5.00. The second-order valence-electron chi connectivity index (χ2n) is 5.62. The summed E-state index contributed by atoms with van der Waals surface area (Å²) in [7, 11) is -3.75. The second-order valence-corrected chi connectivity index (χ2v) is 7.56. The van der Waals surface area contributed by atoms with Gasteiger partial charge in [0.05, 0.1) is 4.90 Å². The SMILES string of the molecule is CC(=O)C(OC(=O)N1CCN(S(=O)(=O)c2ccccc2)CC1)C(F)(F)F. The molecule has 7 nitrogen and oxygen atoms in total. The second kappa shape index (κ2) is 7.62. The number of Topliss-reactive ketones (excluding diaryl/α,β-unsaturated/α-hetero) is 1. The van der Waals surface area contributed by atoms with Crippen LogP contribution in [0.15, 0.2) is 35.2 Å². The molecule has 1 aromatic rings. The van der Waals surface area contributed by atoms with Gasteiger partial charge in [0.2, 0.25) is 10.0 Å². The lowest BCUT2D eigenvalue weighted by Gasteiger charge is -2.34. The average Bonchev–Trinajstić information content (AvgIpc) is 2.59. The number of hydrogen-bond acceptors (Lipinski definition) is 5. The Morgan fingerprint density at radius 3 is 2.08 bits per heavy atom. The average molecular weight is 394 g/mol. The smallest absolute Gasteiger partial charge is 0.428 e. The van der Waals surface area contributed by atoms with E-state index in [1.807, 2.05) is 0 Å². The first-order chi connectivity index (χ1) is 12.0. The van der Waals surface area contributed by atoms with Gasteiger partial charge in [-0.2, -0.15) is 17.5 Å². The number of alkyl halides is 3. The fraction of sp³-hybridized carbons (Fsp3) is 0.467. The molecule has 1 amide bonds. The molecule has 0 bridgehead atoms. The molecule has 1 saturated heterocycles. The first-order valence-electron chi connectivity index (χ1n) is 7.61. The number of carbonyl (C=O) groups is 2. The molecule has 1 fully saturated rings. The van der Waals surface area contributed by atoms with Crippen LogP contribution in [0.2, 0.25) is 0 Å². The minimum Gasteiger partial charge on any atom is -0.428 e. The summed E-state index contributed by atoms with van der Waals surface area (Å²) in [5.74, 6) is -1.34. The van der Waals surface area contributed by atoms with Crippen molar-refractivity contribution in [3.63, 3.8) is 0 Å². The summed E-state index contributed by atoms with van der Waals surface area (Å²) in [4.78, 5) is 23.9. The van der Waals surface area contributed by atoms with Gasteiger partial charge < -0.3 is 9.64 Å². The Morgan fingerprint density at radius 2 is 1.62 bits per heavy atom. The summed E-state index contributed by atoms with van der Waals surface area (Å²) in [5.41, 5.74) is 0. The molecule has 11 heteroatoms. The summed E-state index contributed by atoms with van der Waals surface area (Å²) >= 11 is 0. The van der Waals surface area contributed by atoms with Crippen LogP contribution >= 0.6 is 0 Å². The van der Waals surface area contributed by atoms with Crippen LogP contribution in [0, 0.1) is 0 Å². The lowest BCUT2D eigenvalue weighted by atomic mass is 10.2. The molecule has 0 aromatic heterocycles. The third kappa shape index (κ3) is 4.52. The molecule has 1 aliphatic rings. The molecule has 1 atom stereocenters. The van der Waals surface area contributed by atoms with Crippen LogP contribution < -0.4 is 0 Å². The predicted octanol–water partition coefficient (Wildman–Crippen LogP) is 1.65. The number of benzene rings is 1. The lowest BCUT2D eigenvalue weighted by molar-refractivity contribution is -0.204. The fourth-order valence-electron chi connectivity index (χ4n) is 2.41. The van der Waals surface area contributed by atoms with E-state index in [-0.39, 0.29) is 31.1 Å². The Hall–Kier alpha value is -2.14. The first-order valence-corrected chi connectivity index (χ1v) is 9.05. The summed E-state index contributed by atoms with van der Waals surface area (Å²) in [5, 5.41) is 0. The fourth-order valence-corrected chi connectivity index (χ4v) is 3.85. The molecule has 144 valence electrons. The number of ether oxygens (including phenoxy) is 1. The zero-order chi connectivity index (χ0) is 19.5. The summed E-state index contributed by atoms with van der Waals surface area (Å²) in [6.45, 7) is 0.197. The number of piperazine rings is 1. The van der Waals surface area contributed by atoms with Crippen molar-refractivity contribution in [2.24, 2.45) is 0 Å². The molecule has 0 radical (unpaired) electrons. The van der Waals surface area contributed by atoms with E-state index in [1.54, 1.807) is 18.2 Å². The number of nitrogens with zero attached hydrogens (tertiary/aromatic N) is 2. The van der Waals surface area contributed by atoms with Crippen molar-refractivity contribution in [3.8, 4) is 0 Å². The molecule has 0 saturated carbocycles. The molecule has 0 aliphatic carbocycles. The minimum absolute atomic E-state index is 0.0877. The molecule has 1 aliphatic heterocycles. The molecule has 0 N–H and O–H groups in total. The van der Waals surface area contributed by atoms with Gasteiger partial charge in [-0.3, -0.25) is 4.79 Å². The van der Waals surface area contributed by atoms with Crippen molar-refractivity contribution >= 4 is 21.9 Å². The zero-order valence-corrected chi connectivity index (χ0v) is 14.6. The van der Waals surface area contributed by atoms with Crippen LogP contribution in [0.5, 0.6) is 0 Å². The Kier molecular flexibility index (Phi) is 5.91. The van der Waals surface area contributed by atoms with Gasteiger partial charge in [-0.25, -0.2) is 13.2 Å². The van der Waals surface area contributed by atoms with Gasteiger partial charge in [0, 0.05) is 26.2 Å². The van der Waals surface area contributed by atoms with Crippen molar-refractivity contribution in [2.45, 2.75) is 24.1 Å².